The van der Waals surface area contributed by atoms with Crippen molar-refractivity contribution in [1.29, 1.82) is 0 Å². The standard InChI is InChI=1S/C11H23FN2O3/c1-8(9(12)7-13)16-6-5-14-10(15)17-11(2,3)4/h8-9H,5-7,13H2,1-4H3,(H,14,15). The van der Waals surface area contributed by atoms with Crippen molar-refractivity contribution in [3.63, 3.8) is 0 Å². The second kappa shape index (κ2) is 7.45. The zero-order chi connectivity index (χ0) is 13.5. The van der Waals surface area contributed by atoms with Gasteiger partial charge in [0, 0.05) is 13.1 Å². The Morgan fingerprint density at radius 2 is 2.06 bits per heavy atom. The summed E-state index contributed by atoms with van der Waals surface area (Å²) < 4.78 is 23.1. The van der Waals surface area contributed by atoms with Gasteiger partial charge in [-0.1, -0.05) is 0 Å². The van der Waals surface area contributed by atoms with Gasteiger partial charge in [0.25, 0.3) is 0 Å². The maximum atomic E-state index is 13.0. The number of halogens is 1. The first kappa shape index (κ1) is 16.1. The summed E-state index contributed by atoms with van der Waals surface area (Å²) in [5.41, 5.74) is 4.62. The lowest BCUT2D eigenvalue weighted by molar-refractivity contribution is 0.0118. The summed E-state index contributed by atoms with van der Waals surface area (Å²) in [4.78, 5) is 11.2. The molecule has 5 nitrogen and oxygen atoms in total. The molecular formula is C11H23FN2O3. The zero-order valence-corrected chi connectivity index (χ0v) is 11.0. The minimum atomic E-state index is -1.18. The number of amides is 1. The van der Waals surface area contributed by atoms with Gasteiger partial charge in [0.1, 0.15) is 11.8 Å². The predicted octanol–water partition coefficient (Wildman–Crippen LogP) is 1.21. The molecule has 0 saturated heterocycles. The number of carbonyl (C=O) groups excluding carboxylic acids is 1. The van der Waals surface area contributed by atoms with Crippen molar-refractivity contribution in [2.24, 2.45) is 5.73 Å². The molecule has 2 atom stereocenters. The van der Waals surface area contributed by atoms with E-state index in [1.807, 2.05) is 0 Å². The Morgan fingerprint density at radius 1 is 1.47 bits per heavy atom. The highest BCUT2D eigenvalue weighted by molar-refractivity contribution is 5.67. The Kier molecular flexibility index (Phi) is 7.06. The minimum absolute atomic E-state index is 0.0688. The van der Waals surface area contributed by atoms with Gasteiger partial charge < -0.3 is 20.5 Å². The van der Waals surface area contributed by atoms with Crippen LogP contribution >= 0.6 is 0 Å². The van der Waals surface area contributed by atoms with E-state index in [4.69, 9.17) is 15.2 Å². The van der Waals surface area contributed by atoms with Gasteiger partial charge in [-0.05, 0) is 27.7 Å². The molecule has 0 spiro atoms. The molecule has 102 valence electrons. The van der Waals surface area contributed by atoms with Gasteiger partial charge in [0.05, 0.1) is 12.7 Å². The topological polar surface area (TPSA) is 73.6 Å². The van der Waals surface area contributed by atoms with Crippen molar-refractivity contribution in [1.82, 2.24) is 5.32 Å². The van der Waals surface area contributed by atoms with Crippen molar-refractivity contribution in [3.8, 4) is 0 Å². The highest BCUT2D eigenvalue weighted by Gasteiger charge is 2.16. The molecule has 6 heteroatoms. The third-order valence-electron chi connectivity index (χ3n) is 1.89. The number of alkyl halides is 1. The first-order valence-electron chi connectivity index (χ1n) is 5.69. The van der Waals surface area contributed by atoms with Gasteiger partial charge >= 0.3 is 6.09 Å². The van der Waals surface area contributed by atoms with Gasteiger partial charge in [-0.3, -0.25) is 0 Å². The largest absolute Gasteiger partial charge is 0.444 e. The molecule has 0 aliphatic carbocycles. The number of alkyl carbamates (subject to hydrolysis) is 1. The van der Waals surface area contributed by atoms with E-state index in [-0.39, 0.29) is 19.7 Å². The minimum Gasteiger partial charge on any atom is -0.444 e. The Labute approximate surface area is 102 Å². The van der Waals surface area contributed by atoms with Gasteiger partial charge in [-0.25, -0.2) is 9.18 Å². The molecular weight excluding hydrogens is 227 g/mol. The van der Waals surface area contributed by atoms with Gasteiger partial charge in [-0.15, -0.1) is 0 Å². The molecule has 0 aromatic carbocycles. The Balaban J connectivity index is 3.61. The number of nitrogens with two attached hydrogens (primary N) is 1. The second-order valence-corrected chi connectivity index (χ2v) is 4.76. The quantitative estimate of drug-likeness (QED) is 0.695. The lowest BCUT2D eigenvalue weighted by atomic mass is 10.2. The van der Waals surface area contributed by atoms with Gasteiger partial charge in [0.15, 0.2) is 0 Å². The Hall–Kier alpha value is -0.880. The molecule has 0 rings (SSSR count). The fraction of sp³-hybridized carbons (Fsp3) is 0.909. The first-order chi connectivity index (χ1) is 7.76. The maximum Gasteiger partial charge on any atom is 0.407 e. The Morgan fingerprint density at radius 3 is 2.53 bits per heavy atom. The summed E-state index contributed by atoms with van der Waals surface area (Å²) in [5, 5.41) is 2.51. The van der Waals surface area contributed by atoms with E-state index in [9.17, 15) is 9.18 Å². The molecule has 2 unspecified atom stereocenters. The Bertz CT molecular complexity index is 231. The fourth-order valence-corrected chi connectivity index (χ4v) is 1.01. The summed E-state index contributed by atoms with van der Waals surface area (Å²) in [6, 6.07) is 0. The molecule has 17 heavy (non-hydrogen) atoms. The molecule has 3 N–H and O–H groups in total. The molecule has 0 aromatic heterocycles. The van der Waals surface area contributed by atoms with Crippen LogP contribution in [0.15, 0.2) is 0 Å². The van der Waals surface area contributed by atoms with Crippen molar-refractivity contribution < 1.29 is 18.7 Å². The monoisotopic (exact) mass is 250 g/mol. The number of ether oxygens (including phenoxy) is 2. The number of rotatable bonds is 6. The summed E-state index contributed by atoms with van der Waals surface area (Å²) in [7, 11) is 0. The molecule has 0 fully saturated rings. The summed E-state index contributed by atoms with van der Waals surface area (Å²) in [6.07, 6.45) is -2.26. The SMILES string of the molecule is CC(OCCNC(=O)OC(C)(C)C)C(F)CN. The van der Waals surface area contributed by atoms with Crippen LogP contribution in [0, 0.1) is 0 Å². The smallest absolute Gasteiger partial charge is 0.407 e. The van der Waals surface area contributed by atoms with Crippen molar-refractivity contribution in [2.45, 2.75) is 45.6 Å². The average molecular weight is 250 g/mol. The van der Waals surface area contributed by atoms with Crippen LogP contribution in [-0.4, -0.2) is 43.7 Å². The van der Waals surface area contributed by atoms with E-state index in [1.165, 1.54) is 0 Å². The second-order valence-electron chi connectivity index (χ2n) is 4.76. The molecule has 0 aliphatic rings. The van der Waals surface area contributed by atoms with E-state index >= 15 is 0 Å². The van der Waals surface area contributed by atoms with Crippen LogP contribution < -0.4 is 11.1 Å². The van der Waals surface area contributed by atoms with Crippen LogP contribution in [0.2, 0.25) is 0 Å². The van der Waals surface area contributed by atoms with Crippen LogP contribution in [0.3, 0.4) is 0 Å². The summed E-state index contributed by atoms with van der Waals surface area (Å²) in [6.45, 7) is 7.36. The molecule has 0 aromatic rings. The van der Waals surface area contributed by atoms with Crippen molar-refractivity contribution >= 4 is 6.09 Å². The number of hydrogen-bond acceptors (Lipinski definition) is 4. The van der Waals surface area contributed by atoms with E-state index in [0.29, 0.717) is 0 Å². The maximum absolute atomic E-state index is 13.0. The summed E-state index contributed by atoms with van der Waals surface area (Å²) in [5.74, 6) is 0. The average Bonchev–Trinajstić information content (AvgIpc) is 2.20. The van der Waals surface area contributed by atoms with E-state index in [1.54, 1.807) is 27.7 Å². The molecule has 0 bridgehead atoms. The van der Waals surface area contributed by atoms with E-state index < -0.39 is 24.0 Å². The van der Waals surface area contributed by atoms with Crippen molar-refractivity contribution in [3.05, 3.63) is 0 Å². The van der Waals surface area contributed by atoms with Crippen LogP contribution in [0.4, 0.5) is 9.18 Å². The predicted molar refractivity (Wildman–Crippen MR) is 63.6 cm³/mol. The number of carbonyl (C=O) groups is 1. The highest BCUT2D eigenvalue weighted by atomic mass is 19.1. The molecule has 0 aliphatic heterocycles. The number of hydrogen-bond donors (Lipinski definition) is 2. The molecule has 0 saturated carbocycles. The van der Waals surface area contributed by atoms with Crippen LogP contribution in [0.5, 0.6) is 0 Å². The lowest BCUT2D eigenvalue weighted by Crippen LogP contribution is -2.36. The van der Waals surface area contributed by atoms with E-state index in [2.05, 4.69) is 5.32 Å². The highest BCUT2D eigenvalue weighted by Crippen LogP contribution is 2.06. The molecule has 0 heterocycles. The van der Waals surface area contributed by atoms with Crippen LogP contribution in [-0.2, 0) is 9.47 Å². The van der Waals surface area contributed by atoms with Gasteiger partial charge in [-0.2, -0.15) is 0 Å². The van der Waals surface area contributed by atoms with Crippen molar-refractivity contribution in [2.75, 3.05) is 19.7 Å². The number of nitrogens with one attached hydrogen (secondary N) is 1. The molecule has 1 amide bonds. The normalized spacial score (nSPS) is 15.2. The third kappa shape index (κ3) is 8.88. The van der Waals surface area contributed by atoms with Gasteiger partial charge in [0.2, 0.25) is 0 Å². The lowest BCUT2D eigenvalue weighted by Gasteiger charge is -2.20. The summed E-state index contributed by atoms with van der Waals surface area (Å²) >= 11 is 0. The van der Waals surface area contributed by atoms with E-state index in [0.717, 1.165) is 0 Å². The third-order valence-corrected chi connectivity index (χ3v) is 1.89. The van der Waals surface area contributed by atoms with Crippen LogP contribution in [0.1, 0.15) is 27.7 Å². The molecule has 0 radical (unpaired) electrons. The first-order valence-corrected chi connectivity index (χ1v) is 5.69. The van der Waals surface area contributed by atoms with Crippen LogP contribution in [0.25, 0.3) is 0 Å². The zero-order valence-electron chi connectivity index (χ0n) is 11.0. The fourth-order valence-electron chi connectivity index (χ4n) is 1.01.